The molecule has 0 saturated heterocycles. The molecule has 0 radical (unpaired) electrons. The molecule has 0 aromatic carbocycles. The van der Waals surface area contributed by atoms with E-state index in [1.54, 1.807) is 0 Å². The SMILES string of the molecule is C#CCOCCOCCOCCOCCOCCOCCOCCOCCS. The molecule has 0 aliphatic carbocycles. The van der Waals surface area contributed by atoms with Gasteiger partial charge in [0.25, 0.3) is 0 Å². The predicted octanol–water partition coefficient (Wildman–Crippen LogP) is 0.682. The summed E-state index contributed by atoms with van der Waals surface area (Å²) in [4.78, 5) is 0. The molecule has 0 rings (SSSR count). The van der Waals surface area contributed by atoms with Crippen LogP contribution in [0.15, 0.2) is 0 Å². The van der Waals surface area contributed by atoms with Crippen molar-refractivity contribution in [2.75, 3.05) is 111 Å². The number of terminal acetylenes is 1. The van der Waals surface area contributed by atoms with E-state index in [1.807, 2.05) is 0 Å². The van der Waals surface area contributed by atoms with Crippen LogP contribution in [-0.4, -0.2) is 111 Å². The zero-order valence-corrected chi connectivity index (χ0v) is 17.7. The Kier molecular flexibility index (Phi) is 26.2. The Balaban J connectivity index is 2.97. The van der Waals surface area contributed by atoms with Crippen LogP contribution in [-0.2, 0) is 37.9 Å². The molecule has 0 aromatic heterocycles. The highest BCUT2D eigenvalue weighted by Crippen LogP contribution is 1.85. The third kappa shape index (κ3) is 25.6. The van der Waals surface area contributed by atoms with E-state index in [0.29, 0.717) is 106 Å². The van der Waals surface area contributed by atoms with E-state index in [1.165, 1.54) is 0 Å². The largest absolute Gasteiger partial charge is 0.378 e. The van der Waals surface area contributed by atoms with Crippen molar-refractivity contribution < 1.29 is 37.9 Å². The van der Waals surface area contributed by atoms with Crippen molar-refractivity contribution in [3.8, 4) is 12.3 Å². The lowest BCUT2D eigenvalue weighted by Gasteiger charge is -2.08. The van der Waals surface area contributed by atoms with Crippen molar-refractivity contribution in [1.82, 2.24) is 0 Å². The number of hydrogen-bond acceptors (Lipinski definition) is 9. The van der Waals surface area contributed by atoms with Crippen LogP contribution < -0.4 is 0 Å². The molecule has 0 bridgehead atoms. The fraction of sp³-hybridized carbons (Fsp3) is 0.895. The van der Waals surface area contributed by atoms with Gasteiger partial charge in [0.2, 0.25) is 0 Å². The van der Waals surface area contributed by atoms with Gasteiger partial charge in [-0.05, 0) is 0 Å². The molecule has 0 aliphatic heterocycles. The van der Waals surface area contributed by atoms with Crippen molar-refractivity contribution in [2.45, 2.75) is 0 Å². The summed E-state index contributed by atoms with van der Waals surface area (Å²) in [7, 11) is 0. The van der Waals surface area contributed by atoms with Gasteiger partial charge in [0.05, 0.1) is 99.1 Å². The predicted molar refractivity (Wildman–Crippen MR) is 109 cm³/mol. The lowest BCUT2D eigenvalue weighted by Crippen LogP contribution is -2.15. The van der Waals surface area contributed by atoms with E-state index in [4.69, 9.17) is 44.3 Å². The third-order valence-corrected chi connectivity index (χ3v) is 3.21. The van der Waals surface area contributed by atoms with E-state index >= 15 is 0 Å². The molecule has 9 heteroatoms. The molecule has 0 aromatic rings. The highest BCUT2D eigenvalue weighted by atomic mass is 32.1. The lowest BCUT2D eigenvalue weighted by molar-refractivity contribution is -0.0222. The summed E-state index contributed by atoms with van der Waals surface area (Å²) in [5, 5.41) is 0. The summed E-state index contributed by atoms with van der Waals surface area (Å²) in [6.07, 6.45) is 5.05. The van der Waals surface area contributed by atoms with Crippen LogP contribution in [0.4, 0.5) is 0 Å². The maximum absolute atomic E-state index is 5.40. The van der Waals surface area contributed by atoms with E-state index in [2.05, 4.69) is 18.5 Å². The smallest absolute Gasteiger partial charge is 0.107 e. The minimum Gasteiger partial charge on any atom is -0.378 e. The van der Waals surface area contributed by atoms with E-state index < -0.39 is 0 Å². The highest BCUT2D eigenvalue weighted by Gasteiger charge is 1.94. The van der Waals surface area contributed by atoms with Gasteiger partial charge in [0, 0.05) is 5.75 Å². The van der Waals surface area contributed by atoms with Crippen molar-refractivity contribution in [2.24, 2.45) is 0 Å². The molecule has 0 spiro atoms. The Hall–Kier alpha value is -0.410. The first-order valence-corrected chi connectivity index (χ1v) is 10.2. The van der Waals surface area contributed by atoms with Crippen LogP contribution in [0.1, 0.15) is 0 Å². The average Bonchev–Trinajstić information content (AvgIpc) is 2.71. The van der Waals surface area contributed by atoms with Crippen molar-refractivity contribution >= 4 is 12.6 Å². The molecule has 0 N–H and O–H groups in total. The topological polar surface area (TPSA) is 73.8 Å². The molecule has 28 heavy (non-hydrogen) atoms. The zero-order chi connectivity index (χ0) is 20.4. The minimum absolute atomic E-state index is 0.316. The number of hydrogen-bond donors (Lipinski definition) is 1. The second-order valence-electron chi connectivity index (χ2n) is 5.27. The average molecular weight is 425 g/mol. The van der Waals surface area contributed by atoms with Gasteiger partial charge in [-0.1, -0.05) is 5.92 Å². The molecule has 0 atom stereocenters. The summed E-state index contributed by atoms with van der Waals surface area (Å²) >= 11 is 4.05. The third-order valence-electron chi connectivity index (χ3n) is 3.03. The van der Waals surface area contributed by atoms with E-state index in [9.17, 15) is 0 Å². The lowest BCUT2D eigenvalue weighted by atomic mass is 10.6. The molecule has 0 fully saturated rings. The molecule has 0 aliphatic rings. The standard InChI is InChI=1S/C19H36O8S/c1-2-3-20-4-5-21-6-7-22-8-9-23-10-11-24-12-13-25-14-15-26-16-17-27-18-19-28/h1,28H,3-19H2. The fourth-order valence-electron chi connectivity index (χ4n) is 1.74. The number of ether oxygens (including phenoxy) is 8. The van der Waals surface area contributed by atoms with Crippen LogP contribution >= 0.6 is 12.6 Å². The Morgan fingerprint density at radius 2 is 0.679 bits per heavy atom. The molecule has 8 nitrogen and oxygen atoms in total. The first-order valence-electron chi connectivity index (χ1n) is 9.58. The Bertz CT molecular complexity index is 328. The first-order chi connectivity index (χ1) is 13.9. The molecule has 166 valence electrons. The first kappa shape index (κ1) is 27.6. The Morgan fingerprint density at radius 1 is 0.429 bits per heavy atom. The second kappa shape index (κ2) is 26.6. The van der Waals surface area contributed by atoms with E-state index in [0.717, 1.165) is 5.75 Å². The summed E-state index contributed by atoms with van der Waals surface area (Å²) in [5.41, 5.74) is 0. The monoisotopic (exact) mass is 424 g/mol. The Morgan fingerprint density at radius 3 is 0.929 bits per heavy atom. The van der Waals surface area contributed by atoms with Gasteiger partial charge < -0.3 is 37.9 Å². The molecule has 0 amide bonds. The van der Waals surface area contributed by atoms with Crippen LogP contribution in [0.25, 0.3) is 0 Å². The molecule has 0 heterocycles. The van der Waals surface area contributed by atoms with Crippen LogP contribution in [0.5, 0.6) is 0 Å². The minimum atomic E-state index is 0.316. The summed E-state index contributed by atoms with van der Waals surface area (Å²) < 4.78 is 42.5. The summed E-state index contributed by atoms with van der Waals surface area (Å²) in [5.74, 6) is 3.12. The van der Waals surface area contributed by atoms with Crippen LogP contribution in [0, 0.1) is 12.3 Å². The quantitative estimate of drug-likeness (QED) is 0.138. The maximum Gasteiger partial charge on any atom is 0.107 e. The zero-order valence-electron chi connectivity index (χ0n) is 16.8. The molecule has 0 saturated carbocycles. The van der Waals surface area contributed by atoms with Crippen molar-refractivity contribution in [1.29, 1.82) is 0 Å². The van der Waals surface area contributed by atoms with Gasteiger partial charge in [-0.15, -0.1) is 6.42 Å². The van der Waals surface area contributed by atoms with Gasteiger partial charge >= 0.3 is 0 Å². The van der Waals surface area contributed by atoms with Gasteiger partial charge in [-0.3, -0.25) is 0 Å². The van der Waals surface area contributed by atoms with Crippen molar-refractivity contribution in [3.63, 3.8) is 0 Å². The molecular weight excluding hydrogens is 388 g/mol. The highest BCUT2D eigenvalue weighted by molar-refractivity contribution is 7.80. The van der Waals surface area contributed by atoms with Crippen LogP contribution in [0.2, 0.25) is 0 Å². The molecular formula is C19H36O8S. The molecule has 0 unspecified atom stereocenters. The van der Waals surface area contributed by atoms with Crippen molar-refractivity contribution in [3.05, 3.63) is 0 Å². The normalized spacial score (nSPS) is 11.0. The number of rotatable bonds is 24. The van der Waals surface area contributed by atoms with Crippen LogP contribution in [0.3, 0.4) is 0 Å². The second-order valence-corrected chi connectivity index (χ2v) is 5.71. The Labute approximate surface area is 174 Å². The fourth-order valence-corrected chi connectivity index (χ4v) is 1.86. The number of thiol groups is 1. The van der Waals surface area contributed by atoms with Gasteiger partial charge in [-0.25, -0.2) is 0 Å². The summed E-state index contributed by atoms with van der Waals surface area (Å²) in [6, 6.07) is 0. The van der Waals surface area contributed by atoms with E-state index in [-0.39, 0.29) is 0 Å². The van der Waals surface area contributed by atoms with Gasteiger partial charge in [0.1, 0.15) is 6.61 Å². The van der Waals surface area contributed by atoms with Gasteiger partial charge in [-0.2, -0.15) is 12.6 Å². The maximum atomic E-state index is 5.40. The summed E-state index contributed by atoms with van der Waals surface area (Å²) in [6.45, 7) is 8.48. The van der Waals surface area contributed by atoms with Gasteiger partial charge in [0.15, 0.2) is 0 Å².